The molecule has 0 radical (unpaired) electrons. The zero-order valence-corrected chi connectivity index (χ0v) is 10.8. The monoisotopic (exact) mass is 235 g/mol. The maximum Gasteiger partial charge on any atom is 0.148 e. The van der Waals surface area contributed by atoms with Gasteiger partial charge in [0.2, 0.25) is 0 Å². The van der Waals surface area contributed by atoms with Crippen molar-refractivity contribution in [3.63, 3.8) is 0 Å². The van der Waals surface area contributed by atoms with E-state index in [4.69, 9.17) is 5.84 Å². The third kappa shape index (κ3) is 2.49. The molecule has 5 nitrogen and oxygen atoms in total. The molecule has 1 saturated heterocycles. The zero-order valence-electron chi connectivity index (χ0n) is 10.8. The molecule has 0 amide bonds. The molecule has 0 bridgehead atoms. The van der Waals surface area contributed by atoms with Crippen LogP contribution in [0.1, 0.15) is 32.3 Å². The van der Waals surface area contributed by atoms with Crippen molar-refractivity contribution in [2.75, 3.05) is 23.4 Å². The lowest BCUT2D eigenvalue weighted by atomic mass is 9.82. The van der Waals surface area contributed by atoms with Gasteiger partial charge < -0.3 is 10.3 Å². The smallest absolute Gasteiger partial charge is 0.148 e. The van der Waals surface area contributed by atoms with E-state index in [0.717, 1.165) is 24.5 Å². The van der Waals surface area contributed by atoms with Crippen molar-refractivity contribution in [1.29, 1.82) is 0 Å². The number of hydrazine groups is 1. The average Bonchev–Trinajstić information content (AvgIpc) is 2.30. The molecule has 0 saturated carbocycles. The molecule has 94 valence electrons. The number of hydrogen-bond donors (Lipinski definition) is 2. The van der Waals surface area contributed by atoms with Crippen LogP contribution in [0.25, 0.3) is 0 Å². The summed E-state index contributed by atoms with van der Waals surface area (Å²) < 4.78 is 0. The highest BCUT2D eigenvalue weighted by atomic mass is 15.3. The normalized spacial score (nSPS) is 19.2. The Labute approximate surface area is 102 Å². The fourth-order valence-electron chi connectivity index (χ4n) is 2.23. The molecule has 5 heteroatoms. The number of nitrogen functional groups attached to an aromatic ring is 1. The van der Waals surface area contributed by atoms with Crippen LogP contribution in [0.5, 0.6) is 0 Å². The molecule has 1 aromatic rings. The van der Waals surface area contributed by atoms with Gasteiger partial charge in [0.1, 0.15) is 18.0 Å². The summed E-state index contributed by atoms with van der Waals surface area (Å²) in [6.45, 7) is 8.75. The fourth-order valence-corrected chi connectivity index (χ4v) is 2.23. The van der Waals surface area contributed by atoms with Crippen LogP contribution in [-0.4, -0.2) is 23.1 Å². The zero-order chi connectivity index (χ0) is 12.5. The molecule has 0 spiro atoms. The number of rotatable bonds is 2. The van der Waals surface area contributed by atoms with Gasteiger partial charge in [-0.15, -0.1) is 0 Å². The van der Waals surface area contributed by atoms with Gasteiger partial charge in [-0.3, -0.25) is 0 Å². The predicted molar refractivity (Wildman–Crippen MR) is 69.8 cm³/mol. The highest BCUT2D eigenvalue weighted by Gasteiger charge is 2.27. The number of anilines is 2. The summed E-state index contributed by atoms with van der Waals surface area (Å²) in [7, 11) is 0. The Morgan fingerprint density at radius 1 is 1.29 bits per heavy atom. The molecular formula is C12H21N5. The van der Waals surface area contributed by atoms with Crippen molar-refractivity contribution >= 4 is 11.6 Å². The van der Waals surface area contributed by atoms with Gasteiger partial charge in [-0.1, -0.05) is 13.8 Å². The minimum atomic E-state index is 0.451. The minimum absolute atomic E-state index is 0.451. The topological polar surface area (TPSA) is 67.1 Å². The molecule has 0 aliphatic carbocycles. The molecule has 0 atom stereocenters. The summed E-state index contributed by atoms with van der Waals surface area (Å²) in [5.41, 5.74) is 4.09. The predicted octanol–water partition coefficient (Wildman–Crippen LogP) is 1.70. The molecule has 1 aliphatic heterocycles. The van der Waals surface area contributed by atoms with Gasteiger partial charge in [0.05, 0.1) is 0 Å². The molecule has 0 aromatic carbocycles. The summed E-state index contributed by atoms with van der Waals surface area (Å²) in [6, 6.07) is 0. The van der Waals surface area contributed by atoms with E-state index in [-0.39, 0.29) is 0 Å². The second-order valence-electron chi connectivity index (χ2n) is 5.47. The first kappa shape index (κ1) is 12.1. The van der Waals surface area contributed by atoms with Gasteiger partial charge >= 0.3 is 0 Å². The first-order chi connectivity index (χ1) is 8.03. The molecule has 1 fully saturated rings. The van der Waals surface area contributed by atoms with Crippen molar-refractivity contribution in [2.24, 2.45) is 11.3 Å². The van der Waals surface area contributed by atoms with Crippen LogP contribution in [0.2, 0.25) is 0 Å². The molecular weight excluding hydrogens is 214 g/mol. The average molecular weight is 235 g/mol. The highest BCUT2D eigenvalue weighted by Crippen LogP contribution is 2.33. The van der Waals surface area contributed by atoms with Gasteiger partial charge in [0, 0.05) is 18.7 Å². The Bertz CT molecular complexity index is 392. The summed E-state index contributed by atoms with van der Waals surface area (Å²) in [5, 5.41) is 0. The van der Waals surface area contributed by atoms with Crippen LogP contribution < -0.4 is 16.2 Å². The maximum absolute atomic E-state index is 5.43. The van der Waals surface area contributed by atoms with E-state index < -0.39 is 0 Å². The van der Waals surface area contributed by atoms with Gasteiger partial charge in [0.25, 0.3) is 0 Å². The molecule has 2 rings (SSSR count). The SMILES string of the molecule is Cc1c(NN)ncnc1N1CCC(C)(C)CC1. The van der Waals surface area contributed by atoms with Crippen molar-refractivity contribution in [2.45, 2.75) is 33.6 Å². The standard InChI is InChI=1S/C12H21N5/c1-9-10(16-13)14-8-15-11(9)17-6-4-12(2,3)5-7-17/h8H,4-7,13H2,1-3H3,(H,14,15,16). The van der Waals surface area contributed by atoms with Crippen molar-refractivity contribution in [1.82, 2.24) is 9.97 Å². The maximum atomic E-state index is 5.43. The van der Waals surface area contributed by atoms with Crippen LogP contribution in [0.15, 0.2) is 6.33 Å². The second kappa shape index (κ2) is 4.49. The summed E-state index contributed by atoms with van der Waals surface area (Å²) in [5.74, 6) is 7.14. The number of nitrogens with one attached hydrogen (secondary N) is 1. The molecule has 17 heavy (non-hydrogen) atoms. The van der Waals surface area contributed by atoms with E-state index in [0.29, 0.717) is 11.2 Å². The summed E-state index contributed by atoms with van der Waals surface area (Å²) >= 11 is 0. The van der Waals surface area contributed by atoms with Gasteiger partial charge in [-0.25, -0.2) is 15.8 Å². The van der Waals surface area contributed by atoms with Gasteiger partial charge in [0.15, 0.2) is 0 Å². The quantitative estimate of drug-likeness (QED) is 0.603. The Morgan fingerprint density at radius 2 is 1.94 bits per heavy atom. The van der Waals surface area contributed by atoms with Crippen LogP contribution in [0.3, 0.4) is 0 Å². The highest BCUT2D eigenvalue weighted by molar-refractivity contribution is 5.57. The van der Waals surface area contributed by atoms with Crippen LogP contribution in [0, 0.1) is 12.3 Å². The van der Waals surface area contributed by atoms with E-state index in [9.17, 15) is 0 Å². The van der Waals surface area contributed by atoms with Crippen LogP contribution in [0.4, 0.5) is 11.6 Å². The molecule has 1 aromatic heterocycles. The molecule has 2 heterocycles. The largest absolute Gasteiger partial charge is 0.356 e. The molecule has 3 N–H and O–H groups in total. The van der Waals surface area contributed by atoms with Crippen LogP contribution in [-0.2, 0) is 0 Å². The lowest BCUT2D eigenvalue weighted by Crippen LogP contribution is -2.38. The molecule has 1 aliphatic rings. The number of nitrogens with zero attached hydrogens (tertiary/aromatic N) is 3. The van der Waals surface area contributed by atoms with Gasteiger partial charge in [-0.05, 0) is 25.2 Å². The third-order valence-corrected chi connectivity index (χ3v) is 3.61. The van der Waals surface area contributed by atoms with Crippen molar-refractivity contribution in [3.05, 3.63) is 11.9 Å². The van der Waals surface area contributed by atoms with E-state index in [2.05, 4.69) is 34.1 Å². The van der Waals surface area contributed by atoms with E-state index in [1.54, 1.807) is 6.33 Å². The minimum Gasteiger partial charge on any atom is -0.356 e. The number of aromatic nitrogens is 2. The Morgan fingerprint density at radius 3 is 2.53 bits per heavy atom. The number of nitrogens with two attached hydrogens (primary N) is 1. The van der Waals surface area contributed by atoms with Crippen LogP contribution >= 0.6 is 0 Å². The lowest BCUT2D eigenvalue weighted by Gasteiger charge is -2.38. The van der Waals surface area contributed by atoms with E-state index in [1.165, 1.54) is 12.8 Å². The first-order valence-corrected chi connectivity index (χ1v) is 6.07. The van der Waals surface area contributed by atoms with Crippen molar-refractivity contribution < 1.29 is 0 Å². The Kier molecular flexibility index (Phi) is 3.19. The summed E-state index contributed by atoms with van der Waals surface area (Å²) in [6.07, 6.45) is 3.96. The Hall–Kier alpha value is -1.36. The Balaban J connectivity index is 2.19. The third-order valence-electron chi connectivity index (χ3n) is 3.61. The lowest BCUT2D eigenvalue weighted by molar-refractivity contribution is 0.279. The fraction of sp³-hybridized carbons (Fsp3) is 0.667. The van der Waals surface area contributed by atoms with Gasteiger partial charge in [-0.2, -0.15) is 0 Å². The molecule has 0 unspecified atom stereocenters. The van der Waals surface area contributed by atoms with E-state index in [1.807, 2.05) is 6.92 Å². The number of piperidine rings is 1. The van der Waals surface area contributed by atoms with Crippen molar-refractivity contribution in [3.8, 4) is 0 Å². The second-order valence-corrected chi connectivity index (χ2v) is 5.47. The van der Waals surface area contributed by atoms with E-state index >= 15 is 0 Å². The number of hydrogen-bond acceptors (Lipinski definition) is 5. The summed E-state index contributed by atoms with van der Waals surface area (Å²) in [4.78, 5) is 10.8. The first-order valence-electron chi connectivity index (χ1n) is 6.07.